The lowest BCUT2D eigenvalue weighted by molar-refractivity contribution is -0.265. The van der Waals surface area contributed by atoms with Crippen molar-refractivity contribution in [2.45, 2.75) is 168 Å². The number of allylic oxidation sites excluding steroid dienone is 7. The lowest BCUT2D eigenvalue weighted by Crippen LogP contribution is -2.61. The van der Waals surface area contributed by atoms with Gasteiger partial charge in [0.05, 0.1) is 37.6 Å². The van der Waals surface area contributed by atoms with E-state index in [9.17, 15) is 39.0 Å². The van der Waals surface area contributed by atoms with Gasteiger partial charge in [0.25, 0.3) is 11.7 Å². The number of aliphatic hydroxyl groups excluding tert-OH is 1. The molecule has 13 unspecified atom stereocenters. The minimum absolute atomic E-state index is 0.0787. The Hall–Kier alpha value is -3.70. The van der Waals surface area contributed by atoms with E-state index >= 15 is 0 Å². The zero-order chi connectivity index (χ0) is 50.6. The third-order valence-electron chi connectivity index (χ3n) is 14.1. The van der Waals surface area contributed by atoms with Crippen LogP contribution in [0.2, 0.25) is 0 Å². The quantitative estimate of drug-likeness (QED) is 0.0277. The lowest BCUT2D eigenvalue weighted by atomic mass is 9.78. The fourth-order valence-electron chi connectivity index (χ4n) is 9.81. The van der Waals surface area contributed by atoms with Crippen molar-refractivity contribution in [2.75, 3.05) is 47.7 Å². The molecule has 15 nitrogen and oxygen atoms in total. The van der Waals surface area contributed by atoms with Gasteiger partial charge in [0, 0.05) is 58.5 Å². The predicted octanol–water partition coefficient (Wildman–Crippen LogP) is 6.65. The summed E-state index contributed by atoms with van der Waals surface area (Å²) in [6.07, 6.45) is 15.7. The highest BCUT2D eigenvalue weighted by Crippen LogP contribution is 2.38. The summed E-state index contributed by atoms with van der Waals surface area (Å²) in [5.74, 6) is -6.83. The number of esters is 1. The van der Waals surface area contributed by atoms with Gasteiger partial charge in [-0.05, 0) is 107 Å². The van der Waals surface area contributed by atoms with Gasteiger partial charge < -0.3 is 43.5 Å². The predicted molar refractivity (Wildman–Crippen MR) is 257 cm³/mol. The molecule has 1 amide bonds. The molecule has 2 aliphatic heterocycles. The zero-order valence-electron chi connectivity index (χ0n) is 42.5. The summed E-state index contributed by atoms with van der Waals surface area (Å²) >= 11 is 0. The second kappa shape index (κ2) is 29.5. The number of aliphatic hydroxyl groups is 2. The summed E-state index contributed by atoms with van der Waals surface area (Å²) in [7, 11) is 4.72. The number of piperidine rings is 1. The molecule has 13 atom stereocenters. The number of amides is 1. The Bertz CT molecular complexity index is 1770. The van der Waals surface area contributed by atoms with Gasteiger partial charge in [-0.3, -0.25) is 24.0 Å². The Morgan fingerprint density at radius 3 is 2.29 bits per heavy atom. The van der Waals surface area contributed by atoms with Crippen LogP contribution in [-0.2, 0) is 57.2 Å². The number of rotatable bonds is 28. The first-order valence-corrected chi connectivity index (χ1v) is 24.8. The molecular formula is C53H83NO14. The van der Waals surface area contributed by atoms with E-state index < -0.39 is 59.6 Å². The van der Waals surface area contributed by atoms with Gasteiger partial charge >= 0.3 is 5.97 Å². The Balaban J connectivity index is 1.74. The molecule has 3 fully saturated rings. The highest BCUT2D eigenvalue weighted by molar-refractivity contribution is 6.39. The maximum absolute atomic E-state index is 14.3. The molecule has 2 saturated heterocycles. The Morgan fingerprint density at radius 1 is 0.897 bits per heavy atom. The highest BCUT2D eigenvalue weighted by atomic mass is 16.6. The minimum atomic E-state index is -2.44. The Labute approximate surface area is 405 Å². The van der Waals surface area contributed by atoms with Crippen LogP contribution in [0.25, 0.3) is 0 Å². The van der Waals surface area contributed by atoms with Crippen molar-refractivity contribution in [1.82, 2.24) is 4.90 Å². The topological polar surface area (TPSA) is 201 Å². The second-order valence-corrected chi connectivity index (χ2v) is 19.7. The van der Waals surface area contributed by atoms with Crippen LogP contribution >= 0.6 is 0 Å². The molecule has 0 spiro atoms. The van der Waals surface area contributed by atoms with Crippen LogP contribution in [-0.4, -0.2) is 141 Å². The number of Topliss-reactive ketones (excluding diaryl/α,β-unsaturated/α-hetero) is 3. The van der Waals surface area contributed by atoms with E-state index in [1.807, 2.05) is 51.2 Å². The Kier molecular flexibility index (Phi) is 25.4. The lowest BCUT2D eigenvalue weighted by Gasteiger charge is -2.42. The minimum Gasteiger partial charge on any atom is -0.460 e. The summed E-state index contributed by atoms with van der Waals surface area (Å²) in [5, 5.41) is 21.2. The number of hydrogen-bond acceptors (Lipinski definition) is 14. The third kappa shape index (κ3) is 17.6. The van der Waals surface area contributed by atoms with E-state index in [2.05, 4.69) is 6.92 Å². The SMILES string of the molecule is COCC(=O)C(C)CC(C)C=CC=CC=C(C)C(CC1CCC(C)C(O)(C(=O)C(=O)N2CCCCC2C(=O)OC(CC(=O)C(C)C=C(C)C=O)C(C)CC2CCC(OCCO)C(OC)C2)O1)OC. The van der Waals surface area contributed by atoms with Crippen molar-refractivity contribution in [1.29, 1.82) is 0 Å². The van der Waals surface area contributed by atoms with E-state index in [1.54, 1.807) is 41.1 Å². The van der Waals surface area contributed by atoms with Crippen molar-refractivity contribution in [3.05, 3.63) is 47.6 Å². The third-order valence-corrected chi connectivity index (χ3v) is 14.1. The van der Waals surface area contributed by atoms with Crippen LogP contribution in [0, 0.1) is 35.5 Å². The maximum atomic E-state index is 14.3. The van der Waals surface area contributed by atoms with Crippen molar-refractivity contribution >= 4 is 35.5 Å². The number of ether oxygens (including phenoxy) is 6. The number of carbonyl (C=O) groups is 6. The van der Waals surface area contributed by atoms with Crippen molar-refractivity contribution < 1.29 is 67.4 Å². The maximum Gasteiger partial charge on any atom is 0.329 e. The molecule has 2 heterocycles. The van der Waals surface area contributed by atoms with Crippen LogP contribution in [0.5, 0.6) is 0 Å². The number of likely N-dealkylation sites (tertiary alicyclic amines) is 1. The summed E-state index contributed by atoms with van der Waals surface area (Å²) in [4.78, 5) is 81.0. The smallest absolute Gasteiger partial charge is 0.329 e. The van der Waals surface area contributed by atoms with Gasteiger partial charge in [0.1, 0.15) is 30.8 Å². The summed E-state index contributed by atoms with van der Waals surface area (Å²) in [5.41, 5.74) is 1.30. The van der Waals surface area contributed by atoms with Crippen LogP contribution in [0.15, 0.2) is 47.6 Å². The van der Waals surface area contributed by atoms with Crippen LogP contribution in [0.1, 0.15) is 126 Å². The first-order valence-electron chi connectivity index (χ1n) is 24.8. The number of methoxy groups -OCH3 is 3. The second-order valence-electron chi connectivity index (χ2n) is 19.7. The Morgan fingerprint density at radius 2 is 1.63 bits per heavy atom. The number of hydrogen-bond donors (Lipinski definition) is 2. The molecule has 0 radical (unpaired) electrons. The molecular weight excluding hydrogens is 875 g/mol. The first kappa shape index (κ1) is 58.6. The van der Waals surface area contributed by atoms with E-state index in [1.165, 1.54) is 12.0 Å². The van der Waals surface area contributed by atoms with Gasteiger partial charge in [-0.1, -0.05) is 71.1 Å². The van der Waals surface area contributed by atoms with Gasteiger partial charge in [-0.2, -0.15) is 0 Å². The van der Waals surface area contributed by atoms with Crippen molar-refractivity contribution in [3.63, 3.8) is 0 Å². The monoisotopic (exact) mass is 958 g/mol. The van der Waals surface area contributed by atoms with Crippen molar-refractivity contribution in [2.24, 2.45) is 35.5 Å². The van der Waals surface area contributed by atoms with Gasteiger partial charge in [0.15, 0.2) is 5.78 Å². The standard InChI is InChI=1S/C53H83NO14/c1-34(26-38(5)45(58)33-63-8)16-12-11-13-17-36(3)47(64-9)30-42-21-19-40(7)53(62,68-42)50(59)51(60)54-23-15-14-18-43(54)52(61)67-48(31-44(57)37(4)27-35(2)32-56)39(6)28-41-20-22-46(66-25-24-55)49(29-41)65-10/h11-13,16-17,27,32,34,37-43,46-49,55,62H,14-15,18-26,28-31,33H2,1-10H3. The summed E-state index contributed by atoms with van der Waals surface area (Å²) in [6, 6.07) is -1.12. The largest absolute Gasteiger partial charge is 0.460 e. The van der Waals surface area contributed by atoms with Gasteiger partial charge in [-0.25, -0.2) is 4.79 Å². The molecule has 0 aromatic rings. The number of carbonyl (C=O) groups excluding carboxylic acids is 6. The number of aldehydes is 1. The van der Waals surface area contributed by atoms with E-state index in [0.717, 1.165) is 18.4 Å². The normalized spacial score (nSPS) is 27.9. The molecule has 3 aliphatic rings. The summed E-state index contributed by atoms with van der Waals surface area (Å²) in [6.45, 7) is 13.1. The summed E-state index contributed by atoms with van der Waals surface area (Å²) < 4.78 is 34.8. The average molecular weight is 958 g/mol. The molecule has 1 saturated carbocycles. The highest BCUT2D eigenvalue weighted by Gasteiger charge is 2.53. The fraction of sp³-hybridized carbons (Fsp3) is 0.736. The van der Waals surface area contributed by atoms with Gasteiger partial charge in [-0.15, -0.1) is 0 Å². The average Bonchev–Trinajstić information content (AvgIpc) is 3.32. The zero-order valence-corrected chi connectivity index (χ0v) is 42.5. The molecule has 0 bridgehead atoms. The molecule has 15 heteroatoms. The molecule has 384 valence electrons. The first-order chi connectivity index (χ1) is 32.3. The van der Waals surface area contributed by atoms with Gasteiger partial charge in [0.2, 0.25) is 5.79 Å². The van der Waals surface area contributed by atoms with E-state index in [0.29, 0.717) is 63.2 Å². The van der Waals surface area contributed by atoms with E-state index in [4.69, 9.17) is 28.4 Å². The van der Waals surface area contributed by atoms with Crippen LogP contribution in [0.3, 0.4) is 0 Å². The molecule has 68 heavy (non-hydrogen) atoms. The fourth-order valence-corrected chi connectivity index (χ4v) is 9.81. The molecule has 3 rings (SSSR count). The molecule has 0 aromatic heterocycles. The molecule has 1 aliphatic carbocycles. The number of ketones is 3. The van der Waals surface area contributed by atoms with Crippen LogP contribution < -0.4 is 0 Å². The van der Waals surface area contributed by atoms with E-state index in [-0.39, 0.29) is 86.7 Å². The molecule has 0 aromatic carbocycles. The van der Waals surface area contributed by atoms with Crippen LogP contribution in [0.4, 0.5) is 0 Å². The number of nitrogens with zero attached hydrogens (tertiary/aromatic N) is 1. The molecule has 2 N–H and O–H groups in total. The van der Waals surface area contributed by atoms with Crippen molar-refractivity contribution in [3.8, 4) is 0 Å².